The number of rotatable bonds is 3. The zero-order valence-electron chi connectivity index (χ0n) is 9.31. The topological polar surface area (TPSA) is 12.0 Å². The molecule has 0 aromatic rings. The average Bonchev–Trinajstić information content (AvgIpc) is 2.31. The van der Waals surface area contributed by atoms with Crippen LogP contribution in [0.4, 0.5) is 0 Å². The molecule has 0 fully saturated rings. The second kappa shape index (κ2) is 5.91. The minimum absolute atomic E-state index is 0.708. The van der Waals surface area contributed by atoms with Gasteiger partial charge in [-0.15, -0.1) is 0 Å². The van der Waals surface area contributed by atoms with Crippen LogP contribution in [0.15, 0.2) is 21.3 Å². The van der Waals surface area contributed by atoms with Crippen molar-refractivity contribution in [1.82, 2.24) is 5.32 Å². The van der Waals surface area contributed by atoms with E-state index in [0.717, 1.165) is 12.5 Å². The van der Waals surface area contributed by atoms with Gasteiger partial charge in [-0.1, -0.05) is 31.1 Å². The molecule has 1 N–H and O–H groups in total. The first kappa shape index (κ1) is 12.2. The third kappa shape index (κ3) is 3.09. The predicted octanol–water partition coefficient (Wildman–Crippen LogP) is 3.52. The van der Waals surface area contributed by atoms with Gasteiger partial charge in [-0.2, -0.15) is 0 Å². The minimum atomic E-state index is 0.708. The Kier molecular flexibility index (Phi) is 5.17. The SMILES string of the molecule is CCC1CC(C)=CC=C(I)C1CNC. The highest BCUT2D eigenvalue weighted by Crippen LogP contribution is 2.34. The summed E-state index contributed by atoms with van der Waals surface area (Å²) in [5.74, 6) is 1.52. The summed E-state index contributed by atoms with van der Waals surface area (Å²) in [6.45, 7) is 5.65. The zero-order chi connectivity index (χ0) is 10.6. The largest absolute Gasteiger partial charge is 0.319 e. The third-order valence-corrected chi connectivity index (χ3v) is 4.14. The number of allylic oxidation sites excluding steroid dienone is 3. The Labute approximate surface area is 101 Å². The fourth-order valence-corrected chi connectivity index (χ4v) is 3.02. The average molecular weight is 305 g/mol. The maximum absolute atomic E-state index is 3.31. The standard InChI is InChI=1S/C12H20IN/c1-4-10-7-9(2)5-6-12(13)11(10)8-14-3/h5-6,10-11,14H,4,7-8H2,1-3H3. The van der Waals surface area contributed by atoms with Gasteiger partial charge in [0.25, 0.3) is 0 Å². The Morgan fingerprint density at radius 2 is 2.21 bits per heavy atom. The summed E-state index contributed by atoms with van der Waals surface area (Å²) in [7, 11) is 2.04. The van der Waals surface area contributed by atoms with Crippen molar-refractivity contribution in [1.29, 1.82) is 0 Å². The molecule has 0 spiro atoms. The van der Waals surface area contributed by atoms with E-state index >= 15 is 0 Å². The first-order valence-corrected chi connectivity index (χ1v) is 6.44. The van der Waals surface area contributed by atoms with E-state index in [9.17, 15) is 0 Å². The first-order chi connectivity index (χ1) is 6.69. The van der Waals surface area contributed by atoms with Gasteiger partial charge in [0.15, 0.2) is 0 Å². The van der Waals surface area contributed by atoms with Crippen molar-refractivity contribution in [3.8, 4) is 0 Å². The highest BCUT2D eigenvalue weighted by atomic mass is 127. The molecule has 0 aromatic carbocycles. The molecule has 1 nitrogen and oxygen atoms in total. The van der Waals surface area contributed by atoms with Gasteiger partial charge in [0.2, 0.25) is 0 Å². The lowest BCUT2D eigenvalue weighted by Gasteiger charge is -2.24. The summed E-state index contributed by atoms with van der Waals surface area (Å²) in [4.78, 5) is 0. The normalized spacial score (nSPS) is 28.0. The molecule has 0 saturated carbocycles. The quantitative estimate of drug-likeness (QED) is 0.787. The molecular weight excluding hydrogens is 285 g/mol. The molecule has 1 rings (SSSR count). The third-order valence-electron chi connectivity index (χ3n) is 2.98. The number of halogens is 1. The Balaban J connectivity index is 2.80. The van der Waals surface area contributed by atoms with Crippen molar-refractivity contribution < 1.29 is 0 Å². The predicted molar refractivity (Wildman–Crippen MR) is 71.7 cm³/mol. The number of hydrogen-bond donors (Lipinski definition) is 1. The number of nitrogens with one attached hydrogen (secondary N) is 1. The zero-order valence-corrected chi connectivity index (χ0v) is 11.5. The second-order valence-corrected chi connectivity index (χ2v) is 5.35. The smallest absolute Gasteiger partial charge is 0.00526 e. The molecule has 0 heterocycles. The van der Waals surface area contributed by atoms with Gasteiger partial charge >= 0.3 is 0 Å². The molecule has 0 bridgehead atoms. The fraction of sp³-hybridized carbons (Fsp3) is 0.667. The van der Waals surface area contributed by atoms with Gasteiger partial charge in [0.05, 0.1) is 0 Å². The second-order valence-electron chi connectivity index (χ2n) is 4.10. The van der Waals surface area contributed by atoms with E-state index in [1.54, 1.807) is 0 Å². The molecule has 14 heavy (non-hydrogen) atoms. The summed E-state index contributed by atoms with van der Waals surface area (Å²) < 4.78 is 1.50. The molecule has 0 saturated heterocycles. The van der Waals surface area contributed by atoms with Crippen LogP contribution in [-0.2, 0) is 0 Å². The van der Waals surface area contributed by atoms with Crippen LogP contribution in [-0.4, -0.2) is 13.6 Å². The van der Waals surface area contributed by atoms with Crippen LogP contribution in [0.2, 0.25) is 0 Å². The highest BCUT2D eigenvalue weighted by Gasteiger charge is 2.23. The van der Waals surface area contributed by atoms with Crippen molar-refractivity contribution >= 4 is 22.6 Å². The summed E-state index contributed by atoms with van der Waals surface area (Å²) in [6.07, 6.45) is 7.09. The molecule has 0 aliphatic heterocycles. The van der Waals surface area contributed by atoms with E-state index in [4.69, 9.17) is 0 Å². The van der Waals surface area contributed by atoms with Gasteiger partial charge < -0.3 is 5.32 Å². The van der Waals surface area contributed by atoms with Crippen LogP contribution in [0.3, 0.4) is 0 Å². The summed E-state index contributed by atoms with van der Waals surface area (Å²) in [6, 6.07) is 0. The van der Waals surface area contributed by atoms with Crippen LogP contribution in [0.1, 0.15) is 26.7 Å². The summed E-state index contributed by atoms with van der Waals surface area (Å²) >= 11 is 2.49. The van der Waals surface area contributed by atoms with Crippen LogP contribution in [0, 0.1) is 11.8 Å². The summed E-state index contributed by atoms with van der Waals surface area (Å²) in [5.41, 5.74) is 1.52. The van der Waals surface area contributed by atoms with Crippen molar-refractivity contribution in [2.45, 2.75) is 26.7 Å². The van der Waals surface area contributed by atoms with Gasteiger partial charge in [-0.3, -0.25) is 0 Å². The monoisotopic (exact) mass is 305 g/mol. The van der Waals surface area contributed by atoms with E-state index < -0.39 is 0 Å². The summed E-state index contributed by atoms with van der Waals surface area (Å²) in [5, 5.41) is 3.31. The molecule has 2 unspecified atom stereocenters. The van der Waals surface area contributed by atoms with E-state index in [1.165, 1.54) is 22.0 Å². The van der Waals surface area contributed by atoms with Gasteiger partial charge in [-0.05, 0) is 52.5 Å². The highest BCUT2D eigenvalue weighted by molar-refractivity contribution is 14.1. The molecule has 80 valence electrons. The van der Waals surface area contributed by atoms with Crippen LogP contribution < -0.4 is 5.32 Å². The molecule has 0 amide bonds. The van der Waals surface area contributed by atoms with E-state index in [-0.39, 0.29) is 0 Å². The molecule has 0 radical (unpaired) electrons. The van der Waals surface area contributed by atoms with E-state index in [1.807, 2.05) is 7.05 Å². The lowest BCUT2D eigenvalue weighted by atomic mass is 9.86. The minimum Gasteiger partial charge on any atom is -0.319 e. The van der Waals surface area contributed by atoms with Crippen molar-refractivity contribution in [2.75, 3.05) is 13.6 Å². The molecule has 0 aromatic heterocycles. The van der Waals surface area contributed by atoms with Gasteiger partial charge in [0.1, 0.15) is 0 Å². The lowest BCUT2D eigenvalue weighted by Crippen LogP contribution is -2.25. The Bertz CT molecular complexity index is 243. The van der Waals surface area contributed by atoms with E-state index in [0.29, 0.717) is 5.92 Å². The molecule has 2 heteroatoms. The number of hydrogen-bond acceptors (Lipinski definition) is 1. The van der Waals surface area contributed by atoms with Gasteiger partial charge in [0, 0.05) is 12.5 Å². The van der Waals surface area contributed by atoms with Crippen LogP contribution >= 0.6 is 22.6 Å². The van der Waals surface area contributed by atoms with Crippen molar-refractivity contribution in [2.24, 2.45) is 11.8 Å². The maximum Gasteiger partial charge on any atom is 0.00526 e. The molecule has 2 atom stereocenters. The van der Waals surface area contributed by atoms with Gasteiger partial charge in [-0.25, -0.2) is 0 Å². The lowest BCUT2D eigenvalue weighted by molar-refractivity contribution is 0.370. The molecule has 1 aliphatic carbocycles. The Hall–Kier alpha value is 0.170. The first-order valence-electron chi connectivity index (χ1n) is 5.36. The molecule has 1 aliphatic rings. The van der Waals surface area contributed by atoms with Crippen molar-refractivity contribution in [3.63, 3.8) is 0 Å². The van der Waals surface area contributed by atoms with Crippen LogP contribution in [0.5, 0.6) is 0 Å². The van der Waals surface area contributed by atoms with Crippen LogP contribution in [0.25, 0.3) is 0 Å². The van der Waals surface area contributed by atoms with Crippen molar-refractivity contribution in [3.05, 3.63) is 21.3 Å². The fourth-order valence-electron chi connectivity index (χ4n) is 2.11. The molecular formula is C12H20IN. The maximum atomic E-state index is 3.31. The Morgan fingerprint density at radius 3 is 2.79 bits per heavy atom. The van der Waals surface area contributed by atoms with E-state index in [2.05, 4.69) is 53.9 Å². The Morgan fingerprint density at radius 1 is 1.50 bits per heavy atom.